The fraction of sp³-hybridized carbons (Fsp3) is 0.500. The Kier molecular flexibility index (Phi) is 3.91. The third kappa shape index (κ3) is 2.66. The molecule has 1 aromatic carbocycles. The van der Waals surface area contributed by atoms with E-state index in [1.54, 1.807) is 0 Å². The van der Waals surface area contributed by atoms with Gasteiger partial charge in [-0.25, -0.2) is 9.78 Å². The average Bonchev–Trinajstić information content (AvgIpc) is 2.47. The van der Waals surface area contributed by atoms with Crippen molar-refractivity contribution in [1.29, 1.82) is 0 Å². The topological polar surface area (TPSA) is 41.5 Å². The molecule has 1 fully saturated rings. The largest absolute Gasteiger partial charge is 0.611 e. The highest BCUT2D eigenvalue weighted by Gasteiger charge is 2.47. The summed E-state index contributed by atoms with van der Waals surface area (Å²) >= 11 is -1.06. The smallest absolute Gasteiger partial charge is 0.152 e. The molecular formula is C16H20O3S. The van der Waals surface area contributed by atoms with Crippen molar-refractivity contribution < 1.29 is 14.3 Å². The Morgan fingerprint density at radius 1 is 1.35 bits per heavy atom. The van der Waals surface area contributed by atoms with Crippen LogP contribution in [0.1, 0.15) is 26.7 Å². The Balaban J connectivity index is 1.74. The van der Waals surface area contributed by atoms with Crippen LogP contribution in [-0.2, 0) is 21.0 Å². The molecular weight excluding hydrogens is 272 g/mol. The molecule has 3 nitrogen and oxygen atoms in total. The zero-order valence-corrected chi connectivity index (χ0v) is 12.7. The molecule has 0 aromatic heterocycles. The summed E-state index contributed by atoms with van der Waals surface area (Å²) in [6.07, 6.45) is 4.25. The molecule has 1 aromatic rings. The van der Waals surface area contributed by atoms with E-state index in [-0.39, 0.29) is 6.10 Å². The number of hydrogen-bond donors (Lipinski definition) is 0. The van der Waals surface area contributed by atoms with Gasteiger partial charge in [-0.15, -0.1) is 0 Å². The first kappa shape index (κ1) is 14.1. The van der Waals surface area contributed by atoms with Gasteiger partial charge in [0.2, 0.25) is 0 Å². The minimum atomic E-state index is -1.06. The highest BCUT2D eigenvalue weighted by atomic mass is 32.2. The van der Waals surface area contributed by atoms with E-state index in [0.717, 1.165) is 17.7 Å². The second kappa shape index (κ2) is 5.53. The van der Waals surface area contributed by atoms with Crippen molar-refractivity contribution in [3.63, 3.8) is 0 Å². The van der Waals surface area contributed by atoms with Crippen molar-refractivity contribution in [2.24, 2.45) is 5.92 Å². The highest BCUT2D eigenvalue weighted by molar-refractivity contribution is 7.91. The maximum Gasteiger partial charge on any atom is 0.152 e. The maximum atomic E-state index is 12.5. The number of fused-ring (bicyclic) bond motifs is 2. The third-order valence-electron chi connectivity index (χ3n) is 4.37. The molecule has 0 saturated carbocycles. The van der Waals surface area contributed by atoms with Crippen molar-refractivity contribution in [3.8, 4) is 0 Å². The molecule has 1 saturated heterocycles. The minimum absolute atomic E-state index is 0.0759. The summed E-state index contributed by atoms with van der Waals surface area (Å²) < 4.78 is 12.5. The van der Waals surface area contributed by atoms with Crippen LogP contribution in [0.15, 0.2) is 46.9 Å². The summed E-state index contributed by atoms with van der Waals surface area (Å²) in [5, 5.41) is 0. The van der Waals surface area contributed by atoms with Crippen LogP contribution in [0.25, 0.3) is 0 Å². The Labute approximate surface area is 123 Å². The van der Waals surface area contributed by atoms with Crippen LogP contribution < -0.4 is 0 Å². The van der Waals surface area contributed by atoms with Crippen LogP contribution in [0.5, 0.6) is 0 Å². The molecule has 2 bridgehead atoms. The highest BCUT2D eigenvalue weighted by Crippen LogP contribution is 2.42. The molecule has 0 N–H and O–H groups in total. The van der Waals surface area contributed by atoms with Gasteiger partial charge in [0.1, 0.15) is 17.5 Å². The molecule has 20 heavy (non-hydrogen) atoms. The molecule has 4 atom stereocenters. The molecule has 108 valence electrons. The lowest BCUT2D eigenvalue weighted by Gasteiger charge is -2.44. The second-order valence-electron chi connectivity index (χ2n) is 5.90. The van der Waals surface area contributed by atoms with Crippen molar-refractivity contribution in [3.05, 3.63) is 42.0 Å². The van der Waals surface area contributed by atoms with Crippen molar-refractivity contribution in [2.45, 2.75) is 43.3 Å². The minimum Gasteiger partial charge on any atom is -0.611 e. The summed E-state index contributed by atoms with van der Waals surface area (Å²) in [7, 11) is 0. The van der Waals surface area contributed by atoms with E-state index >= 15 is 0 Å². The fourth-order valence-corrected chi connectivity index (χ4v) is 4.34. The summed E-state index contributed by atoms with van der Waals surface area (Å²) in [4.78, 5) is 12.0. The lowest BCUT2D eigenvalue weighted by molar-refractivity contribution is -0.409. The van der Waals surface area contributed by atoms with Gasteiger partial charge < -0.3 is 4.55 Å². The summed E-state index contributed by atoms with van der Waals surface area (Å²) in [5.74, 6) is 0.846. The molecule has 1 unspecified atom stereocenters. The number of hydrogen-bond acceptors (Lipinski definition) is 3. The van der Waals surface area contributed by atoms with E-state index in [0.29, 0.717) is 11.7 Å². The monoisotopic (exact) mass is 292 g/mol. The van der Waals surface area contributed by atoms with E-state index in [1.165, 1.54) is 5.57 Å². The van der Waals surface area contributed by atoms with Gasteiger partial charge in [0.25, 0.3) is 0 Å². The summed E-state index contributed by atoms with van der Waals surface area (Å²) in [6.45, 7) is 4.10. The Hall–Kier alpha value is -0.810. The fourth-order valence-electron chi connectivity index (χ4n) is 2.91. The molecule has 3 rings (SSSR count). The van der Waals surface area contributed by atoms with E-state index in [2.05, 4.69) is 13.0 Å². The van der Waals surface area contributed by atoms with E-state index in [4.69, 9.17) is 9.78 Å². The predicted octanol–water partition coefficient (Wildman–Crippen LogP) is 3.24. The van der Waals surface area contributed by atoms with Crippen LogP contribution in [0.2, 0.25) is 0 Å². The first-order valence-electron chi connectivity index (χ1n) is 7.03. The molecule has 0 spiro atoms. The van der Waals surface area contributed by atoms with Gasteiger partial charge in [-0.05, 0) is 55.6 Å². The van der Waals surface area contributed by atoms with Gasteiger partial charge in [-0.3, -0.25) is 0 Å². The Morgan fingerprint density at radius 3 is 2.85 bits per heavy atom. The van der Waals surface area contributed by atoms with Gasteiger partial charge in [-0.2, -0.15) is 0 Å². The van der Waals surface area contributed by atoms with Crippen LogP contribution in [0.3, 0.4) is 0 Å². The van der Waals surface area contributed by atoms with Gasteiger partial charge in [0.15, 0.2) is 4.90 Å². The van der Waals surface area contributed by atoms with Gasteiger partial charge in [-0.1, -0.05) is 24.3 Å². The molecule has 1 aliphatic heterocycles. The zero-order chi connectivity index (χ0) is 14.2. The molecule has 1 heterocycles. The first-order chi connectivity index (χ1) is 9.58. The van der Waals surface area contributed by atoms with Crippen molar-refractivity contribution in [2.75, 3.05) is 5.75 Å². The molecule has 4 heteroatoms. The van der Waals surface area contributed by atoms with E-state index in [9.17, 15) is 4.55 Å². The van der Waals surface area contributed by atoms with E-state index < -0.39 is 16.8 Å². The third-order valence-corrected chi connectivity index (χ3v) is 6.01. The number of allylic oxidation sites excluding steroid dienone is 1. The Bertz CT molecular complexity index is 502. The SMILES string of the molecule is CC1=CC[C@@H]2C[C@H]1OO[C@@]2(C)C[S+]([O-])c1ccccc1. The van der Waals surface area contributed by atoms with E-state index in [1.807, 2.05) is 37.3 Å². The van der Waals surface area contributed by atoms with Crippen LogP contribution >= 0.6 is 0 Å². The van der Waals surface area contributed by atoms with Crippen molar-refractivity contribution in [1.82, 2.24) is 0 Å². The number of benzene rings is 1. The molecule has 1 aliphatic carbocycles. The maximum absolute atomic E-state index is 12.5. The predicted molar refractivity (Wildman–Crippen MR) is 78.6 cm³/mol. The van der Waals surface area contributed by atoms with Crippen LogP contribution in [-0.4, -0.2) is 22.0 Å². The summed E-state index contributed by atoms with van der Waals surface area (Å²) in [5.41, 5.74) is 0.765. The summed E-state index contributed by atoms with van der Waals surface area (Å²) in [6, 6.07) is 9.56. The number of rotatable bonds is 3. The van der Waals surface area contributed by atoms with Gasteiger partial charge in [0.05, 0.1) is 0 Å². The lowest BCUT2D eigenvalue weighted by atomic mass is 9.77. The normalized spacial score (nSPS) is 34.5. The molecule has 0 radical (unpaired) electrons. The quantitative estimate of drug-likeness (QED) is 0.488. The first-order valence-corrected chi connectivity index (χ1v) is 8.35. The average molecular weight is 292 g/mol. The van der Waals surface area contributed by atoms with Crippen molar-refractivity contribution >= 4 is 11.2 Å². The Morgan fingerprint density at radius 2 is 2.10 bits per heavy atom. The van der Waals surface area contributed by atoms with Crippen LogP contribution in [0, 0.1) is 5.92 Å². The van der Waals surface area contributed by atoms with Gasteiger partial charge >= 0.3 is 0 Å². The van der Waals surface area contributed by atoms with Crippen LogP contribution in [0.4, 0.5) is 0 Å². The standard InChI is InChI=1S/C16H20O3S/c1-12-8-9-13-10-15(12)18-19-16(13,2)11-20(17)14-6-4-3-5-7-14/h3-8,13,15H,9-11H2,1-2H3/t13-,15-,16+,20?/m1/s1. The molecule has 2 aliphatic rings. The lowest BCUT2D eigenvalue weighted by Crippen LogP contribution is -2.51. The second-order valence-corrected chi connectivity index (χ2v) is 7.35. The van der Waals surface area contributed by atoms with Gasteiger partial charge in [0, 0.05) is 5.92 Å². The zero-order valence-electron chi connectivity index (χ0n) is 11.9. The molecule has 0 amide bonds.